The third-order valence-corrected chi connectivity index (χ3v) is 14.0. The van der Waals surface area contributed by atoms with Gasteiger partial charge >= 0.3 is 0 Å². The molecule has 0 atom stereocenters. The molecular formula is C64H41N3. The van der Waals surface area contributed by atoms with Gasteiger partial charge < -0.3 is 13.7 Å². The van der Waals surface area contributed by atoms with Crippen molar-refractivity contribution in [3.05, 3.63) is 249 Å². The Labute approximate surface area is 387 Å². The van der Waals surface area contributed by atoms with E-state index in [1.165, 1.54) is 115 Å². The van der Waals surface area contributed by atoms with Crippen LogP contribution in [-0.4, -0.2) is 13.7 Å². The van der Waals surface area contributed by atoms with Crippen molar-refractivity contribution in [1.82, 2.24) is 13.7 Å². The standard InChI is InChI=1S/C64H41N3/c1-3-14-42(15-4-1)44-26-32-49(33-27-44)65-59-23-11-9-21-52(59)54-38-47(30-36-61(54)65)48-31-37-62-55(39-48)57-40-56-53-22-10-12-24-60(53)66(50-34-28-45(29-35-50)43-16-5-2-6-17-43)63(56)41-64(57)67(62)58-25-13-19-46-18-7-8-20-51(46)58/h1-41H. The topological polar surface area (TPSA) is 14.8 Å². The molecule has 0 saturated heterocycles. The summed E-state index contributed by atoms with van der Waals surface area (Å²) >= 11 is 0. The maximum atomic E-state index is 2.50. The molecule has 0 aliphatic carbocycles. The van der Waals surface area contributed by atoms with E-state index in [9.17, 15) is 0 Å². The van der Waals surface area contributed by atoms with Crippen molar-refractivity contribution < 1.29 is 0 Å². The van der Waals surface area contributed by atoms with Gasteiger partial charge in [-0.2, -0.15) is 0 Å². The second-order valence-electron chi connectivity index (χ2n) is 17.7. The van der Waals surface area contributed by atoms with Crippen molar-refractivity contribution in [2.24, 2.45) is 0 Å². The van der Waals surface area contributed by atoms with Crippen molar-refractivity contribution in [2.45, 2.75) is 0 Å². The first-order chi connectivity index (χ1) is 33.2. The van der Waals surface area contributed by atoms with Crippen molar-refractivity contribution in [2.75, 3.05) is 0 Å². The van der Waals surface area contributed by atoms with Crippen LogP contribution in [0.5, 0.6) is 0 Å². The highest BCUT2D eigenvalue weighted by atomic mass is 15.0. The first-order valence-corrected chi connectivity index (χ1v) is 23.1. The molecule has 3 heteroatoms. The molecule has 0 saturated carbocycles. The first-order valence-electron chi connectivity index (χ1n) is 23.1. The van der Waals surface area contributed by atoms with Crippen molar-refractivity contribution in [3.8, 4) is 50.4 Å². The van der Waals surface area contributed by atoms with Crippen molar-refractivity contribution in [1.29, 1.82) is 0 Å². The summed E-state index contributed by atoms with van der Waals surface area (Å²) in [6.07, 6.45) is 0. The van der Waals surface area contributed by atoms with Crippen molar-refractivity contribution in [3.63, 3.8) is 0 Å². The molecule has 0 radical (unpaired) electrons. The Hall–Kier alpha value is -8.92. The second-order valence-corrected chi connectivity index (χ2v) is 17.7. The fourth-order valence-corrected chi connectivity index (χ4v) is 10.9. The number of aromatic nitrogens is 3. The van der Waals surface area contributed by atoms with E-state index in [2.05, 4.69) is 262 Å². The Bertz CT molecular complexity index is 4220. The molecule has 0 amide bonds. The van der Waals surface area contributed by atoms with E-state index in [-0.39, 0.29) is 0 Å². The minimum atomic E-state index is 1.14. The largest absolute Gasteiger partial charge is 0.309 e. The highest BCUT2D eigenvalue weighted by Crippen LogP contribution is 2.43. The van der Waals surface area contributed by atoms with Gasteiger partial charge in [-0.1, -0.05) is 170 Å². The number of hydrogen-bond donors (Lipinski definition) is 0. The lowest BCUT2D eigenvalue weighted by molar-refractivity contribution is 1.17. The van der Waals surface area contributed by atoms with Gasteiger partial charge in [0.15, 0.2) is 0 Å². The monoisotopic (exact) mass is 851 g/mol. The molecule has 11 aromatic carbocycles. The molecule has 67 heavy (non-hydrogen) atoms. The minimum Gasteiger partial charge on any atom is -0.309 e. The van der Waals surface area contributed by atoms with Crippen LogP contribution in [0, 0.1) is 0 Å². The molecule has 312 valence electrons. The lowest BCUT2D eigenvalue weighted by atomic mass is 10.00. The molecule has 0 bridgehead atoms. The summed E-state index contributed by atoms with van der Waals surface area (Å²) in [7, 11) is 0. The van der Waals surface area contributed by atoms with E-state index in [0.29, 0.717) is 0 Å². The van der Waals surface area contributed by atoms with Crippen LogP contribution in [0.3, 0.4) is 0 Å². The zero-order valence-corrected chi connectivity index (χ0v) is 36.5. The molecule has 3 nitrogen and oxygen atoms in total. The van der Waals surface area contributed by atoms with E-state index in [0.717, 1.165) is 11.4 Å². The highest BCUT2D eigenvalue weighted by molar-refractivity contribution is 6.20. The Kier molecular flexibility index (Phi) is 8.28. The second kappa shape index (κ2) is 14.8. The highest BCUT2D eigenvalue weighted by Gasteiger charge is 2.21. The quantitative estimate of drug-likeness (QED) is 0.158. The average molecular weight is 852 g/mol. The van der Waals surface area contributed by atoms with E-state index in [1.54, 1.807) is 0 Å². The van der Waals surface area contributed by atoms with E-state index in [1.807, 2.05) is 0 Å². The Balaban J connectivity index is 0.976. The Morgan fingerprint density at radius 3 is 1.18 bits per heavy atom. The van der Waals surface area contributed by atoms with Crippen LogP contribution in [0.1, 0.15) is 0 Å². The predicted octanol–water partition coefficient (Wildman–Crippen LogP) is 17.1. The molecule has 0 unspecified atom stereocenters. The van der Waals surface area contributed by atoms with Gasteiger partial charge in [0.25, 0.3) is 0 Å². The van der Waals surface area contributed by atoms with Gasteiger partial charge in [-0.05, 0) is 118 Å². The smallest absolute Gasteiger partial charge is 0.0562 e. The van der Waals surface area contributed by atoms with Crippen LogP contribution in [0.4, 0.5) is 0 Å². The van der Waals surface area contributed by atoms with Gasteiger partial charge in [0.2, 0.25) is 0 Å². The lowest BCUT2D eigenvalue weighted by Gasteiger charge is -2.13. The maximum Gasteiger partial charge on any atom is 0.0562 e. The van der Waals surface area contributed by atoms with Gasteiger partial charge in [0.1, 0.15) is 0 Å². The number of nitrogens with zero attached hydrogens (tertiary/aromatic N) is 3. The zero-order valence-electron chi connectivity index (χ0n) is 36.5. The van der Waals surface area contributed by atoms with Gasteiger partial charge in [0, 0.05) is 49.1 Å². The lowest BCUT2D eigenvalue weighted by Crippen LogP contribution is -1.97. The van der Waals surface area contributed by atoms with Crippen LogP contribution in [0.15, 0.2) is 249 Å². The maximum absolute atomic E-state index is 2.50. The summed E-state index contributed by atoms with van der Waals surface area (Å²) < 4.78 is 7.35. The van der Waals surface area contributed by atoms with E-state index >= 15 is 0 Å². The molecule has 3 heterocycles. The van der Waals surface area contributed by atoms with Gasteiger partial charge in [-0.15, -0.1) is 0 Å². The van der Waals surface area contributed by atoms with Gasteiger partial charge in [-0.3, -0.25) is 0 Å². The molecule has 14 rings (SSSR count). The SMILES string of the molecule is c1ccc(-c2ccc(-n3c4ccccc4c4cc(-c5ccc6c(c5)c5cc7c8ccccc8n(-c8ccc(-c9ccccc9)cc8)c7cc5n6-c5cccc6ccccc56)ccc43)cc2)cc1. The molecule has 0 aliphatic heterocycles. The Morgan fingerprint density at radius 2 is 0.582 bits per heavy atom. The molecule has 0 spiro atoms. The van der Waals surface area contributed by atoms with Gasteiger partial charge in [-0.25, -0.2) is 0 Å². The number of hydrogen-bond acceptors (Lipinski definition) is 0. The molecule has 3 aromatic heterocycles. The number of fused-ring (bicyclic) bond motifs is 10. The van der Waals surface area contributed by atoms with Crippen LogP contribution >= 0.6 is 0 Å². The number of benzene rings is 11. The van der Waals surface area contributed by atoms with Gasteiger partial charge in [0.05, 0.1) is 38.8 Å². The van der Waals surface area contributed by atoms with Crippen LogP contribution < -0.4 is 0 Å². The van der Waals surface area contributed by atoms with Crippen molar-refractivity contribution >= 4 is 76.2 Å². The molecular weight excluding hydrogens is 811 g/mol. The molecule has 14 aromatic rings. The molecule has 0 aliphatic rings. The first kappa shape index (κ1) is 37.5. The summed E-state index contributed by atoms with van der Waals surface area (Å²) in [5.41, 5.74) is 17.8. The third kappa shape index (κ3) is 5.85. The fourth-order valence-electron chi connectivity index (χ4n) is 10.9. The van der Waals surface area contributed by atoms with Crippen LogP contribution in [0.25, 0.3) is 127 Å². The fraction of sp³-hybridized carbons (Fsp3) is 0. The van der Waals surface area contributed by atoms with E-state index in [4.69, 9.17) is 0 Å². The summed E-state index contributed by atoms with van der Waals surface area (Å²) in [6, 6.07) is 91.3. The average Bonchev–Trinajstić information content (AvgIpc) is 4.03. The normalized spacial score (nSPS) is 11.9. The van der Waals surface area contributed by atoms with Crippen LogP contribution in [0.2, 0.25) is 0 Å². The minimum absolute atomic E-state index is 1.14. The zero-order chi connectivity index (χ0) is 44.0. The van der Waals surface area contributed by atoms with Crippen LogP contribution in [-0.2, 0) is 0 Å². The molecule has 0 fully saturated rings. The third-order valence-electron chi connectivity index (χ3n) is 14.0. The number of rotatable bonds is 6. The number of para-hydroxylation sites is 2. The summed E-state index contributed by atoms with van der Waals surface area (Å²) in [5.74, 6) is 0. The molecule has 0 N–H and O–H groups in total. The summed E-state index contributed by atoms with van der Waals surface area (Å²) in [4.78, 5) is 0. The summed E-state index contributed by atoms with van der Waals surface area (Å²) in [5, 5.41) is 9.87. The Morgan fingerprint density at radius 1 is 0.194 bits per heavy atom. The van der Waals surface area contributed by atoms with E-state index < -0.39 is 0 Å². The summed E-state index contributed by atoms with van der Waals surface area (Å²) in [6.45, 7) is 0. The predicted molar refractivity (Wildman–Crippen MR) is 283 cm³/mol.